The Morgan fingerprint density at radius 3 is 2.46 bits per heavy atom. The van der Waals surface area contributed by atoms with E-state index in [0.29, 0.717) is 6.42 Å². The molecule has 0 aliphatic rings. The van der Waals surface area contributed by atoms with Crippen LogP contribution in [0.15, 0.2) is 0 Å². The molecule has 0 N–H and O–H groups in total. The molecule has 0 aliphatic heterocycles. The van der Waals surface area contributed by atoms with Crippen LogP contribution in [0.2, 0.25) is 0 Å². The molecule has 1 rings (SSSR count). The lowest BCUT2D eigenvalue weighted by Crippen LogP contribution is -2.00. The van der Waals surface area contributed by atoms with Crippen LogP contribution in [0, 0.1) is 13.8 Å². The van der Waals surface area contributed by atoms with Crippen LogP contribution >= 0.6 is 22.0 Å². The van der Waals surface area contributed by atoms with Crippen molar-refractivity contribution in [2.45, 2.75) is 20.3 Å². The van der Waals surface area contributed by atoms with Gasteiger partial charge in [0.2, 0.25) is 9.05 Å². The quantitative estimate of drug-likeness (QED) is 0.757. The summed E-state index contributed by atoms with van der Waals surface area (Å²) in [5, 5.41) is 0.958. The summed E-state index contributed by atoms with van der Waals surface area (Å²) in [6, 6.07) is 0. The van der Waals surface area contributed by atoms with Crippen molar-refractivity contribution >= 4 is 31.1 Å². The molecule has 3 nitrogen and oxygen atoms in total. The predicted octanol–water partition coefficient (Wildman–Crippen LogP) is 1.87. The predicted molar refractivity (Wildman–Crippen MR) is 54.9 cm³/mol. The van der Waals surface area contributed by atoms with E-state index in [4.69, 9.17) is 10.7 Å². The topological polar surface area (TPSA) is 47.0 Å². The molecule has 1 aromatic heterocycles. The van der Waals surface area contributed by atoms with Crippen molar-refractivity contribution in [3.8, 4) is 0 Å². The largest absolute Gasteiger partial charge is 0.247 e. The van der Waals surface area contributed by atoms with Gasteiger partial charge in [-0.3, -0.25) is 0 Å². The maximum atomic E-state index is 10.7. The van der Waals surface area contributed by atoms with Gasteiger partial charge in [0.05, 0.1) is 16.5 Å². The summed E-state index contributed by atoms with van der Waals surface area (Å²) in [4.78, 5) is 5.19. The standard InChI is InChI=1S/C7H10ClNO2S2/c1-5-7(12-6(2)9-5)3-4-13(8,10)11/h3-4H2,1-2H3. The molecule has 0 atom stereocenters. The molecule has 0 fully saturated rings. The van der Waals surface area contributed by atoms with Crippen LogP contribution in [0.25, 0.3) is 0 Å². The first-order chi connectivity index (χ1) is 5.88. The molecule has 6 heteroatoms. The molecular weight excluding hydrogens is 230 g/mol. The molecule has 0 unspecified atom stereocenters. The van der Waals surface area contributed by atoms with Gasteiger partial charge in [-0.25, -0.2) is 13.4 Å². The fourth-order valence-electron chi connectivity index (χ4n) is 1.02. The van der Waals surface area contributed by atoms with E-state index in [0.717, 1.165) is 15.6 Å². The van der Waals surface area contributed by atoms with Gasteiger partial charge in [0.25, 0.3) is 0 Å². The summed E-state index contributed by atoms with van der Waals surface area (Å²) in [5.74, 6) is -0.0168. The maximum Gasteiger partial charge on any atom is 0.232 e. The van der Waals surface area contributed by atoms with E-state index in [1.54, 1.807) is 0 Å². The lowest BCUT2D eigenvalue weighted by atomic mass is 10.3. The first-order valence-corrected chi connectivity index (χ1v) is 7.03. The highest BCUT2D eigenvalue weighted by Gasteiger charge is 2.10. The van der Waals surface area contributed by atoms with Crippen molar-refractivity contribution in [3.63, 3.8) is 0 Å². The average molecular weight is 240 g/mol. The monoisotopic (exact) mass is 239 g/mol. The molecule has 0 radical (unpaired) electrons. The number of rotatable bonds is 3. The van der Waals surface area contributed by atoms with Crippen molar-refractivity contribution < 1.29 is 8.42 Å². The van der Waals surface area contributed by atoms with Gasteiger partial charge >= 0.3 is 0 Å². The van der Waals surface area contributed by atoms with E-state index < -0.39 is 9.05 Å². The first-order valence-electron chi connectivity index (χ1n) is 3.74. The number of hydrogen-bond acceptors (Lipinski definition) is 4. The van der Waals surface area contributed by atoms with Crippen LogP contribution in [-0.2, 0) is 15.5 Å². The fraction of sp³-hybridized carbons (Fsp3) is 0.571. The molecule has 74 valence electrons. The van der Waals surface area contributed by atoms with E-state index in [1.807, 2.05) is 13.8 Å². The van der Waals surface area contributed by atoms with E-state index in [9.17, 15) is 8.42 Å². The third kappa shape index (κ3) is 3.62. The van der Waals surface area contributed by atoms with E-state index in [2.05, 4.69) is 4.98 Å². The van der Waals surface area contributed by atoms with Gasteiger partial charge in [-0.15, -0.1) is 11.3 Å². The van der Waals surface area contributed by atoms with Crippen molar-refractivity contribution in [2.24, 2.45) is 0 Å². The van der Waals surface area contributed by atoms with Gasteiger partial charge in [0.15, 0.2) is 0 Å². The highest BCUT2D eigenvalue weighted by Crippen LogP contribution is 2.18. The van der Waals surface area contributed by atoms with E-state index in [-0.39, 0.29) is 5.75 Å². The number of nitrogens with zero attached hydrogens (tertiary/aromatic N) is 1. The molecule has 13 heavy (non-hydrogen) atoms. The molecule has 0 saturated heterocycles. The van der Waals surface area contributed by atoms with Crippen LogP contribution in [0.1, 0.15) is 15.6 Å². The lowest BCUT2D eigenvalue weighted by molar-refractivity contribution is 0.609. The molecule has 0 aliphatic carbocycles. The van der Waals surface area contributed by atoms with Crippen LogP contribution in [-0.4, -0.2) is 19.2 Å². The van der Waals surface area contributed by atoms with Gasteiger partial charge < -0.3 is 0 Å². The summed E-state index contributed by atoms with van der Waals surface area (Å²) in [7, 11) is 1.72. The normalized spacial score (nSPS) is 11.9. The Bertz CT molecular complexity index is 397. The Morgan fingerprint density at radius 1 is 1.46 bits per heavy atom. The fourth-order valence-corrected chi connectivity index (χ4v) is 2.77. The van der Waals surface area contributed by atoms with E-state index >= 15 is 0 Å². The molecular formula is C7H10ClNO2S2. The summed E-state index contributed by atoms with van der Waals surface area (Å²) >= 11 is 1.52. The second-order valence-corrected chi connectivity index (χ2v) is 6.92. The molecule has 1 heterocycles. The number of hydrogen-bond donors (Lipinski definition) is 0. The number of thiazole rings is 1. The minimum Gasteiger partial charge on any atom is -0.247 e. The van der Waals surface area contributed by atoms with Crippen LogP contribution in [0.3, 0.4) is 0 Å². The second kappa shape index (κ2) is 3.94. The Balaban J connectivity index is 2.70. The number of halogens is 1. The molecule has 1 aromatic rings. The van der Waals surface area contributed by atoms with Gasteiger partial charge in [0.1, 0.15) is 0 Å². The van der Waals surface area contributed by atoms with Gasteiger partial charge in [-0.2, -0.15) is 0 Å². The third-order valence-corrected chi connectivity index (χ3v) is 3.86. The Morgan fingerprint density at radius 2 is 2.08 bits per heavy atom. The van der Waals surface area contributed by atoms with Crippen LogP contribution in [0.4, 0.5) is 0 Å². The molecule has 0 saturated carbocycles. The number of aryl methyl sites for hydroxylation is 3. The molecule has 0 aromatic carbocycles. The van der Waals surface area contributed by atoms with Gasteiger partial charge in [-0.05, 0) is 20.3 Å². The molecule has 0 spiro atoms. The highest BCUT2D eigenvalue weighted by molar-refractivity contribution is 8.13. The molecule has 0 amide bonds. The zero-order chi connectivity index (χ0) is 10.1. The van der Waals surface area contributed by atoms with Crippen molar-refractivity contribution in [2.75, 3.05) is 5.75 Å². The van der Waals surface area contributed by atoms with Gasteiger partial charge in [0, 0.05) is 15.6 Å². The third-order valence-electron chi connectivity index (χ3n) is 1.57. The Labute approximate surface area is 86.2 Å². The number of aromatic nitrogens is 1. The van der Waals surface area contributed by atoms with Crippen molar-refractivity contribution in [3.05, 3.63) is 15.6 Å². The molecule has 0 bridgehead atoms. The highest BCUT2D eigenvalue weighted by atomic mass is 35.7. The Hall–Kier alpha value is -0.130. The van der Waals surface area contributed by atoms with Crippen LogP contribution in [0.5, 0.6) is 0 Å². The average Bonchev–Trinajstić information content (AvgIpc) is 2.24. The Kier molecular flexibility index (Phi) is 3.32. The van der Waals surface area contributed by atoms with E-state index in [1.165, 1.54) is 11.3 Å². The summed E-state index contributed by atoms with van der Waals surface area (Å²) in [6.45, 7) is 3.77. The van der Waals surface area contributed by atoms with Crippen molar-refractivity contribution in [1.82, 2.24) is 4.98 Å². The summed E-state index contributed by atoms with van der Waals surface area (Å²) in [6.07, 6.45) is 0.461. The minimum atomic E-state index is -3.38. The van der Waals surface area contributed by atoms with Gasteiger partial charge in [-0.1, -0.05) is 0 Å². The smallest absolute Gasteiger partial charge is 0.232 e. The maximum absolute atomic E-state index is 10.7. The summed E-state index contributed by atoms with van der Waals surface area (Å²) < 4.78 is 21.3. The first kappa shape index (κ1) is 10.9. The minimum absolute atomic E-state index is 0.0168. The summed E-state index contributed by atoms with van der Waals surface area (Å²) in [5.41, 5.74) is 0.905. The SMILES string of the molecule is Cc1nc(C)c(CCS(=O)(=O)Cl)s1. The zero-order valence-electron chi connectivity index (χ0n) is 7.37. The lowest BCUT2D eigenvalue weighted by Gasteiger charge is -1.94. The second-order valence-electron chi connectivity index (χ2n) is 2.73. The van der Waals surface area contributed by atoms with Crippen molar-refractivity contribution in [1.29, 1.82) is 0 Å². The zero-order valence-corrected chi connectivity index (χ0v) is 9.76. The van der Waals surface area contributed by atoms with Crippen LogP contribution < -0.4 is 0 Å².